The molecular weight excluding hydrogens is 178 g/mol. The lowest BCUT2D eigenvalue weighted by Crippen LogP contribution is -1.95. The fourth-order valence-electron chi connectivity index (χ4n) is 0.833. The Balaban J connectivity index is 3.18. The molecule has 0 aliphatic rings. The molecule has 0 aromatic carbocycles. The number of rotatable bonds is 3. The van der Waals surface area contributed by atoms with Gasteiger partial charge in [0.15, 0.2) is 12.6 Å². The van der Waals surface area contributed by atoms with Crippen molar-refractivity contribution in [2.24, 2.45) is 0 Å². The summed E-state index contributed by atoms with van der Waals surface area (Å²) in [6.07, 6.45) is 1.17. The Labute approximate surface area is 74.4 Å². The maximum absolute atomic E-state index is 10.3. The van der Waals surface area contributed by atoms with Crippen molar-refractivity contribution in [3.05, 3.63) is 29.1 Å². The molecule has 0 amide bonds. The summed E-state index contributed by atoms with van der Waals surface area (Å²) >= 11 is 5.53. The van der Waals surface area contributed by atoms with E-state index in [9.17, 15) is 9.59 Å². The molecule has 12 heavy (non-hydrogen) atoms. The first kappa shape index (κ1) is 8.87. The van der Waals surface area contributed by atoms with E-state index in [0.29, 0.717) is 12.6 Å². The summed E-state index contributed by atoms with van der Waals surface area (Å²) in [4.78, 5) is 24.4. The zero-order chi connectivity index (χ0) is 8.97. The number of aromatic nitrogens is 1. The normalized spacial score (nSPS) is 9.42. The number of pyridine rings is 1. The van der Waals surface area contributed by atoms with E-state index in [0.717, 1.165) is 5.56 Å². The lowest BCUT2D eigenvalue weighted by molar-refractivity contribution is 0.111. The number of hydrogen-bond donors (Lipinski definition) is 0. The van der Waals surface area contributed by atoms with Gasteiger partial charge in [0.25, 0.3) is 0 Å². The molecular formula is C8H6ClNO2. The quantitative estimate of drug-likeness (QED) is 0.526. The number of aldehydes is 2. The molecule has 1 aromatic heterocycles. The first-order chi connectivity index (χ1) is 5.80. The Kier molecular flexibility index (Phi) is 2.94. The van der Waals surface area contributed by atoms with Gasteiger partial charge in [-0.2, -0.15) is 0 Å². The molecule has 1 rings (SSSR count). The molecule has 0 saturated heterocycles. The van der Waals surface area contributed by atoms with Crippen molar-refractivity contribution in [3.63, 3.8) is 0 Å². The summed E-state index contributed by atoms with van der Waals surface area (Å²) in [6, 6.07) is 3.10. The highest BCUT2D eigenvalue weighted by Gasteiger charge is 1.99. The van der Waals surface area contributed by atoms with Crippen LogP contribution in [0.3, 0.4) is 0 Å². The van der Waals surface area contributed by atoms with Crippen LogP contribution in [0, 0.1) is 0 Å². The Morgan fingerprint density at radius 2 is 1.75 bits per heavy atom. The Bertz CT molecular complexity index is 286. The number of carbonyl (C=O) groups is 2. The summed E-state index contributed by atoms with van der Waals surface area (Å²) in [5.74, 6) is 0.268. The average molecular weight is 184 g/mol. The van der Waals surface area contributed by atoms with Crippen molar-refractivity contribution < 1.29 is 9.59 Å². The zero-order valence-corrected chi connectivity index (χ0v) is 6.91. The Morgan fingerprint density at radius 3 is 2.08 bits per heavy atom. The second-order valence-corrected chi connectivity index (χ2v) is 2.46. The minimum atomic E-state index is 0.232. The summed E-state index contributed by atoms with van der Waals surface area (Å²) in [5.41, 5.74) is 1.18. The highest BCUT2D eigenvalue weighted by atomic mass is 35.5. The molecule has 0 spiro atoms. The molecule has 3 nitrogen and oxygen atoms in total. The van der Waals surface area contributed by atoms with Crippen LogP contribution in [0.5, 0.6) is 0 Å². The van der Waals surface area contributed by atoms with Gasteiger partial charge in [0.2, 0.25) is 0 Å². The number of halogens is 1. The molecule has 0 bridgehead atoms. The fraction of sp³-hybridized carbons (Fsp3) is 0.125. The van der Waals surface area contributed by atoms with Crippen LogP contribution in [0.25, 0.3) is 0 Å². The van der Waals surface area contributed by atoms with Crippen molar-refractivity contribution >= 4 is 24.2 Å². The van der Waals surface area contributed by atoms with E-state index >= 15 is 0 Å². The SMILES string of the molecule is O=Cc1cc(CCl)cc(C=O)n1. The van der Waals surface area contributed by atoms with E-state index in [1.165, 1.54) is 0 Å². The third-order valence-corrected chi connectivity index (χ3v) is 1.63. The molecule has 0 N–H and O–H groups in total. The Hall–Kier alpha value is -1.22. The van der Waals surface area contributed by atoms with Crippen LogP contribution < -0.4 is 0 Å². The van der Waals surface area contributed by atoms with Gasteiger partial charge in [-0.3, -0.25) is 9.59 Å². The van der Waals surface area contributed by atoms with Gasteiger partial charge in [-0.15, -0.1) is 11.6 Å². The van der Waals surface area contributed by atoms with Gasteiger partial charge in [0, 0.05) is 5.88 Å². The molecule has 0 radical (unpaired) electrons. The monoisotopic (exact) mass is 183 g/mol. The third-order valence-electron chi connectivity index (χ3n) is 1.32. The number of hydrogen-bond acceptors (Lipinski definition) is 3. The van der Waals surface area contributed by atoms with Gasteiger partial charge >= 0.3 is 0 Å². The summed E-state index contributed by atoms with van der Waals surface area (Å²) in [7, 11) is 0. The predicted molar refractivity (Wildman–Crippen MR) is 44.6 cm³/mol. The molecule has 4 heteroatoms. The largest absolute Gasteiger partial charge is 0.296 e. The average Bonchev–Trinajstić information content (AvgIpc) is 2.16. The molecule has 0 fully saturated rings. The maximum Gasteiger partial charge on any atom is 0.168 e. The molecule has 62 valence electrons. The highest BCUT2D eigenvalue weighted by molar-refractivity contribution is 6.17. The van der Waals surface area contributed by atoms with E-state index in [2.05, 4.69) is 4.98 Å². The van der Waals surface area contributed by atoms with Gasteiger partial charge in [0.1, 0.15) is 11.4 Å². The van der Waals surface area contributed by atoms with Crippen molar-refractivity contribution in [3.8, 4) is 0 Å². The number of carbonyl (C=O) groups excluding carboxylic acids is 2. The lowest BCUT2D eigenvalue weighted by atomic mass is 10.2. The minimum absolute atomic E-state index is 0.232. The van der Waals surface area contributed by atoms with Gasteiger partial charge < -0.3 is 0 Å². The first-order valence-corrected chi connectivity index (χ1v) is 3.81. The molecule has 1 aromatic rings. The second kappa shape index (κ2) is 3.97. The van der Waals surface area contributed by atoms with Crippen molar-refractivity contribution in [2.75, 3.05) is 0 Å². The van der Waals surface area contributed by atoms with E-state index in [4.69, 9.17) is 11.6 Å². The summed E-state index contributed by atoms with van der Waals surface area (Å²) in [5, 5.41) is 0. The first-order valence-electron chi connectivity index (χ1n) is 3.27. The van der Waals surface area contributed by atoms with Crippen LogP contribution in [-0.2, 0) is 5.88 Å². The van der Waals surface area contributed by atoms with E-state index in [1.54, 1.807) is 12.1 Å². The Morgan fingerprint density at radius 1 is 1.25 bits per heavy atom. The van der Waals surface area contributed by atoms with Gasteiger partial charge in [0.05, 0.1) is 0 Å². The number of alkyl halides is 1. The lowest BCUT2D eigenvalue weighted by Gasteiger charge is -1.97. The van der Waals surface area contributed by atoms with Crippen LogP contribution in [0.2, 0.25) is 0 Å². The third kappa shape index (κ3) is 1.89. The molecule has 0 aliphatic carbocycles. The summed E-state index contributed by atoms with van der Waals surface area (Å²) < 4.78 is 0. The zero-order valence-electron chi connectivity index (χ0n) is 6.16. The molecule has 0 unspecified atom stereocenters. The molecule has 0 aliphatic heterocycles. The molecule has 1 heterocycles. The topological polar surface area (TPSA) is 47.0 Å². The second-order valence-electron chi connectivity index (χ2n) is 2.19. The number of nitrogens with zero attached hydrogens (tertiary/aromatic N) is 1. The standard InChI is InChI=1S/C8H6ClNO2/c9-3-6-1-7(4-11)10-8(2-6)5-12/h1-2,4-5H,3H2. The van der Waals surface area contributed by atoms with Crippen LogP contribution in [0.1, 0.15) is 26.5 Å². The van der Waals surface area contributed by atoms with Crippen LogP contribution >= 0.6 is 11.6 Å². The fourth-order valence-corrected chi connectivity index (χ4v) is 0.987. The van der Waals surface area contributed by atoms with Crippen molar-refractivity contribution in [2.45, 2.75) is 5.88 Å². The van der Waals surface area contributed by atoms with Gasteiger partial charge in [-0.1, -0.05) is 0 Å². The summed E-state index contributed by atoms with van der Waals surface area (Å²) in [6.45, 7) is 0. The van der Waals surface area contributed by atoms with E-state index in [-0.39, 0.29) is 17.3 Å². The predicted octanol–water partition coefficient (Wildman–Crippen LogP) is 1.45. The van der Waals surface area contributed by atoms with E-state index in [1.807, 2.05) is 0 Å². The van der Waals surface area contributed by atoms with Crippen LogP contribution in [0.15, 0.2) is 12.1 Å². The smallest absolute Gasteiger partial charge is 0.168 e. The van der Waals surface area contributed by atoms with Gasteiger partial charge in [-0.05, 0) is 17.7 Å². The molecule has 0 atom stereocenters. The molecule has 0 saturated carbocycles. The van der Waals surface area contributed by atoms with E-state index < -0.39 is 0 Å². The van der Waals surface area contributed by atoms with Crippen LogP contribution in [-0.4, -0.2) is 17.6 Å². The van der Waals surface area contributed by atoms with Crippen molar-refractivity contribution in [1.82, 2.24) is 4.98 Å². The van der Waals surface area contributed by atoms with Crippen molar-refractivity contribution in [1.29, 1.82) is 0 Å². The highest BCUT2D eigenvalue weighted by Crippen LogP contribution is 2.06. The van der Waals surface area contributed by atoms with Crippen LogP contribution in [0.4, 0.5) is 0 Å². The van der Waals surface area contributed by atoms with Gasteiger partial charge in [-0.25, -0.2) is 4.98 Å². The minimum Gasteiger partial charge on any atom is -0.296 e. The maximum atomic E-state index is 10.3.